The Bertz CT molecular complexity index is 429. The van der Waals surface area contributed by atoms with Crippen LogP contribution >= 0.6 is 0 Å². The highest BCUT2D eigenvalue weighted by atomic mass is 16.1. The van der Waals surface area contributed by atoms with E-state index in [0.29, 0.717) is 6.54 Å². The predicted molar refractivity (Wildman–Crippen MR) is 62.8 cm³/mol. The number of nitrogens with one attached hydrogen (secondary N) is 1. The minimum absolute atomic E-state index is 0.0302. The third-order valence-corrected chi connectivity index (χ3v) is 1.93. The number of aromatic nitrogens is 2. The summed E-state index contributed by atoms with van der Waals surface area (Å²) in [6, 6.07) is 0. The van der Waals surface area contributed by atoms with Gasteiger partial charge in [-0.05, 0) is 20.8 Å². The second-order valence-electron chi connectivity index (χ2n) is 4.56. The van der Waals surface area contributed by atoms with Gasteiger partial charge in [0.05, 0.1) is 23.8 Å². The Morgan fingerprint density at radius 2 is 2.25 bits per heavy atom. The van der Waals surface area contributed by atoms with Crippen LogP contribution in [-0.2, 0) is 10.3 Å². The van der Waals surface area contributed by atoms with Gasteiger partial charge in [0, 0.05) is 13.1 Å². The molecule has 4 heteroatoms. The summed E-state index contributed by atoms with van der Waals surface area (Å²) in [6.07, 6.45) is 3.63. The normalized spacial score (nSPS) is 10.5. The molecule has 1 N–H and O–H groups in total. The molecule has 1 aromatic heterocycles. The van der Waals surface area contributed by atoms with Crippen molar-refractivity contribution in [3.8, 4) is 11.8 Å². The molecule has 0 saturated carbocycles. The first-order valence-electron chi connectivity index (χ1n) is 5.18. The second-order valence-corrected chi connectivity index (χ2v) is 4.56. The highest BCUT2D eigenvalue weighted by molar-refractivity contribution is 5.73. The van der Waals surface area contributed by atoms with E-state index in [1.54, 1.807) is 6.20 Å². The summed E-state index contributed by atoms with van der Waals surface area (Å²) in [5.41, 5.74) is 0.831. The van der Waals surface area contributed by atoms with Crippen molar-refractivity contribution in [2.45, 2.75) is 33.2 Å². The molecule has 0 spiro atoms. The van der Waals surface area contributed by atoms with Gasteiger partial charge in [0.1, 0.15) is 0 Å². The molecular weight excluding hydrogens is 202 g/mol. The van der Waals surface area contributed by atoms with Crippen LogP contribution in [0.1, 0.15) is 33.3 Å². The zero-order chi connectivity index (χ0) is 12.2. The molecule has 0 aliphatic heterocycles. The molecule has 0 radical (unpaired) electrons. The van der Waals surface area contributed by atoms with Crippen LogP contribution in [0.3, 0.4) is 0 Å². The molecular formula is C12H17N3O. The lowest BCUT2D eigenvalue weighted by Gasteiger charge is -2.18. The molecule has 86 valence electrons. The lowest BCUT2D eigenvalue weighted by molar-refractivity contribution is -0.118. The van der Waals surface area contributed by atoms with Crippen molar-refractivity contribution in [3.05, 3.63) is 18.0 Å². The molecule has 1 amide bonds. The Morgan fingerprint density at radius 3 is 2.75 bits per heavy atom. The lowest BCUT2D eigenvalue weighted by Crippen LogP contribution is -2.21. The summed E-state index contributed by atoms with van der Waals surface area (Å²) in [5.74, 6) is 5.74. The highest BCUT2D eigenvalue weighted by Crippen LogP contribution is 2.12. The highest BCUT2D eigenvalue weighted by Gasteiger charge is 2.12. The molecule has 0 saturated heterocycles. The standard InChI is InChI=1S/C12H17N3O/c1-10(16)13-7-5-6-11-8-14-15(9-11)12(2,3)4/h8-9H,7H2,1-4H3,(H,13,16). The monoisotopic (exact) mass is 219 g/mol. The van der Waals surface area contributed by atoms with E-state index in [-0.39, 0.29) is 11.4 Å². The van der Waals surface area contributed by atoms with E-state index in [1.807, 2.05) is 10.9 Å². The van der Waals surface area contributed by atoms with Gasteiger partial charge in [-0.2, -0.15) is 5.10 Å². The smallest absolute Gasteiger partial charge is 0.217 e. The first kappa shape index (κ1) is 12.3. The fraction of sp³-hybridized carbons (Fsp3) is 0.500. The van der Waals surface area contributed by atoms with Crippen molar-refractivity contribution in [2.75, 3.05) is 6.54 Å². The fourth-order valence-electron chi connectivity index (χ4n) is 1.07. The van der Waals surface area contributed by atoms with Gasteiger partial charge in [-0.1, -0.05) is 11.8 Å². The Hall–Kier alpha value is -1.76. The van der Waals surface area contributed by atoms with Gasteiger partial charge in [0.2, 0.25) is 5.91 Å². The quantitative estimate of drug-likeness (QED) is 0.720. The van der Waals surface area contributed by atoms with Crippen molar-refractivity contribution in [3.63, 3.8) is 0 Å². The summed E-state index contributed by atoms with van der Waals surface area (Å²) in [7, 11) is 0. The van der Waals surface area contributed by atoms with E-state index in [4.69, 9.17) is 0 Å². The zero-order valence-electron chi connectivity index (χ0n) is 10.2. The molecule has 0 unspecified atom stereocenters. The van der Waals surface area contributed by atoms with E-state index < -0.39 is 0 Å². The first-order valence-corrected chi connectivity index (χ1v) is 5.18. The minimum atomic E-state index is -0.0697. The largest absolute Gasteiger partial charge is 0.345 e. The summed E-state index contributed by atoms with van der Waals surface area (Å²) < 4.78 is 1.87. The van der Waals surface area contributed by atoms with Crippen molar-refractivity contribution in [2.24, 2.45) is 0 Å². The predicted octanol–water partition coefficient (Wildman–Crippen LogP) is 1.13. The average molecular weight is 219 g/mol. The zero-order valence-corrected chi connectivity index (χ0v) is 10.2. The Labute approximate surface area is 96.0 Å². The summed E-state index contributed by atoms with van der Waals surface area (Å²) in [5, 5.41) is 6.84. The van der Waals surface area contributed by atoms with Crippen LogP contribution in [0.5, 0.6) is 0 Å². The Morgan fingerprint density at radius 1 is 1.56 bits per heavy atom. The summed E-state index contributed by atoms with van der Waals surface area (Å²) >= 11 is 0. The maximum Gasteiger partial charge on any atom is 0.217 e. The van der Waals surface area contributed by atoms with Crippen LogP contribution < -0.4 is 5.32 Å². The van der Waals surface area contributed by atoms with Crippen LogP contribution in [0.4, 0.5) is 0 Å². The molecule has 1 aromatic rings. The third kappa shape index (κ3) is 3.77. The average Bonchev–Trinajstić information content (AvgIpc) is 2.59. The van der Waals surface area contributed by atoms with Crippen molar-refractivity contribution in [1.29, 1.82) is 0 Å². The molecule has 1 rings (SSSR count). The van der Waals surface area contributed by atoms with E-state index in [0.717, 1.165) is 5.56 Å². The van der Waals surface area contributed by atoms with Gasteiger partial charge in [-0.25, -0.2) is 0 Å². The second kappa shape index (κ2) is 4.84. The molecule has 0 bridgehead atoms. The molecule has 0 fully saturated rings. The summed E-state index contributed by atoms with van der Waals surface area (Å²) in [6.45, 7) is 8.08. The number of rotatable bonds is 1. The van der Waals surface area contributed by atoms with E-state index in [1.165, 1.54) is 6.92 Å². The number of carbonyl (C=O) groups excluding carboxylic acids is 1. The Balaban J connectivity index is 2.62. The summed E-state index contributed by atoms with van der Waals surface area (Å²) in [4.78, 5) is 10.6. The Kier molecular flexibility index (Phi) is 3.73. The number of hydrogen-bond acceptors (Lipinski definition) is 2. The van der Waals surface area contributed by atoms with Crippen LogP contribution in [0, 0.1) is 11.8 Å². The van der Waals surface area contributed by atoms with Crippen LogP contribution in [0.15, 0.2) is 12.4 Å². The van der Waals surface area contributed by atoms with E-state index in [9.17, 15) is 4.79 Å². The van der Waals surface area contributed by atoms with Crippen LogP contribution in [0.25, 0.3) is 0 Å². The topological polar surface area (TPSA) is 46.9 Å². The fourth-order valence-corrected chi connectivity index (χ4v) is 1.07. The van der Waals surface area contributed by atoms with Crippen molar-refractivity contribution in [1.82, 2.24) is 15.1 Å². The van der Waals surface area contributed by atoms with Crippen molar-refractivity contribution >= 4 is 5.91 Å². The van der Waals surface area contributed by atoms with Gasteiger partial charge in [-0.15, -0.1) is 0 Å². The molecule has 16 heavy (non-hydrogen) atoms. The van der Waals surface area contributed by atoms with Gasteiger partial charge >= 0.3 is 0 Å². The first-order chi connectivity index (χ1) is 7.39. The van der Waals surface area contributed by atoms with Crippen LogP contribution in [0.2, 0.25) is 0 Å². The van der Waals surface area contributed by atoms with Gasteiger partial charge in [0.15, 0.2) is 0 Å². The maximum atomic E-state index is 10.6. The number of amides is 1. The minimum Gasteiger partial charge on any atom is -0.345 e. The molecule has 4 nitrogen and oxygen atoms in total. The number of nitrogens with zero attached hydrogens (tertiary/aromatic N) is 2. The number of hydrogen-bond donors (Lipinski definition) is 1. The molecule has 0 aliphatic rings. The molecule has 0 aromatic carbocycles. The molecule has 1 heterocycles. The number of carbonyl (C=O) groups is 1. The van der Waals surface area contributed by atoms with E-state index in [2.05, 4.69) is 43.0 Å². The van der Waals surface area contributed by atoms with Gasteiger partial charge in [-0.3, -0.25) is 9.48 Å². The van der Waals surface area contributed by atoms with E-state index >= 15 is 0 Å². The van der Waals surface area contributed by atoms with Gasteiger partial charge < -0.3 is 5.32 Å². The third-order valence-electron chi connectivity index (χ3n) is 1.93. The maximum absolute atomic E-state index is 10.6. The van der Waals surface area contributed by atoms with Gasteiger partial charge in [0.25, 0.3) is 0 Å². The lowest BCUT2D eigenvalue weighted by atomic mass is 10.1. The molecule has 0 aliphatic carbocycles. The van der Waals surface area contributed by atoms with Crippen molar-refractivity contribution < 1.29 is 4.79 Å². The molecule has 0 atom stereocenters. The SMILES string of the molecule is CC(=O)NCC#Cc1cnn(C(C)(C)C)c1. The van der Waals surface area contributed by atoms with Crippen LogP contribution in [-0.4, -0.2) is 22.2 Å².